The van der Waals surface area contributed by atoms with E-state index in [1.807, 2.05) is 29.1 Å². The predicted octanol–water partition coefficient (Wildman–Crippen LogP) is 2.94. The van der Waals surface area contributed by atoms with Gasteiger partial charge in [0.25, 0.3) is 0 Å². The van der Waals surface area contributed by atoms with Gasteiger partial charge in [0.2, 0.25) is 0 Å². The Morgan fingerprint density at radius 1 is 1.31 bits per heavy atom. The van der Waals surface area contributed by atoms with Gasteiger partial charge in [0, 0.05) is 21.4 Å². The summed E-state index contributed by atoms with van der Waals surface area (Å²) in [6, 6.07) is 8.01. The molecule has 4 heteroatoms. The molecule has 3 nitrogen and oxygen atoms in total. The summed E-state index contributed by atoms with van der Waals surface area (Å²) in [4.78, 5) is 0. The number of anilines is 1. The van der Waals surface area contributed by atoms with Crippen molar-refractivity contribution in [3.8, 4) is 5.69 Å². The molecule has 82 valence electrons. The van der Waals surface area contributed by atoms with Crippen LogP contribution in [-0.4, -0.2) is 9.78 Å². The molecule has 1 aliphatic rings. The Hall–Kier alpha value is -1.04. The number of benzene rings is 1. The molecule has 0 atom stereocenters. The minimum absolute atomic E-state index is 0.702. The fourth-order valence-corrected chi connectivity index (χ4v) is 2.56. The third kappa shape index (κ3) is 1.81. The maximum atomic E-state index is 5.73. The van der Waals surface area contributed by atoms with Gasteiger partial charge in [0.1, 0.15) is 0 Å². The third-order valence-corrected chi connectivity index (χ3v) is 3.69. The van der Waals surface area contributed by atoms with Crippen LogP contribution >= 0.6 is 22.6 Å². The Kier molecular flexibility index (Phi) is 2.38. The molecule has 1 heterocycles. The second kappa shape index (κ2) is 3.76. The molecule has 0 aliphatic heterocycles. The van der Waals surface area contributed by atoms with E-state index < -0.39 is 0 Å². The summed E-state index contributed by atoms with van der Waals surface area (Å²) in [6.07, 6.45) is 4.60. The molecule has 0 amide bonds. The summed E-state index contributed by atoms with van der Waals surface area (Å²) >= 11 is 2.29. The molecule has 3 rings (SSSR count). The molecule has 0 unspecified atom stereocenters. The first-order chi connectivity index (χ1) is 7.74. The lowest BCUT2D eigenvalue weighted by atomic mass is 10.3. The van der Waals surface area contributed by atoms with E-state index in [4.69, 9.17) is 5.73 Å². The van der Waals surface area contributed by atoms with Crippen LogP contribution < -0.4 is 5.73 Å². The van der Waals surface area contributed by atoms with Crippen LogP contribution in [0, 0.1) is 3.57 Å². The molecule has 2 aromatic rings. The predicted molar refractivity (Wildman–Crippen MR) is 72.7 cm³/mol. The molecule has 1 aromatic heterocycles. The Balaban J connectivity index is 2.00. The molecule has 2 N–H and O–H groups in total. The minimum atomic E-state index is 0.702. The number of aromatic nitrogens is 2. The molecule has 16 heavy (non-hydrogen) atoms. The summed E-state index contributed by atoms with van der Waals surface area (Å²) < 4.78 is 3.07. The van der Waals surface area contributed by atoms with E-state index in [2.05, 4.69) is 33.8 Å². The maximum Gasteiger partial charge on any atom is 0.0780 e. The van der Waals surface area contributed by atoms with E-state index in [0.29, 0.717) is 5.92 Å². The Morgan fingerprint density at radius 3 is 2.81 bits per heavy atom. The number of nitrogens with two attached hydrogens (primary N) is 1. The first kappa shape index (κ1) is 10.1. The molecule has 1 fully saturated rings. The van der Waals surface area contributed by atoms with Crippen molar-refractivity contribution in [3.63, 3.8) is 0 Å². The highest BCUT2D eigenvalue weighted by atomic mass is 127. The molecule has 1 aromatic carbocycles. The van der Waals surface area contributed by atoms with Crippen LogP contribution in [0.2, 0.25) is 0 Å². The minimum Gasteiger partial charge on any atom is -0.399 e. The van der Waals surface area contributed by atoms with Crippen molar-refractivity contribution in [1.29, 1.82) is 0 Å². The smallest absolute Gasteiger partial charge is 0.0780 e. The zero-order chi connectivity index (χ0) is 11.1. The van der Waals surface area contributed by atoms with Crippen molar-refractivity contribution in [2.45, 2.75) is 18.8 Å². The van der Waals surface area contributed by atoms with E-state index in [0.717, 1.165) is 14.9 Å². The van der Waals surface area contributed by atoms with E-state index in [-0.39, 0.29) is 0 Å². The summed E-state index contributed by atoms with van der Waals surface area (Å²) in [5.74, 6) is 0.702. The van der Waals surface area contributed by atoms with Gasteiger partial charge in [0.15, 0.2) is 0 Å². The van der Waals surface area contributed by atoms with Crippen LogP contribution in [0.15, 0.2) is 30.5 Å². The Morgan fingerprint density at radius 2 is 2.12 bits per heavy atom. The van der Waals surface area contributed by atoms with Gasteiger partial charge in [-0.2, -0.15) is 5.10 Å². The van der Waals surface area contributed by atoms with Gasteiger partial charge in [-0.25, -0.2) is 4.68 Å². The molecular weight excluding hydrogens is 313 g/mol. The largest absolute Gasteiger partial charge is 0.399 e. The lowest BCUT2D eigenvalue weighted by Crippen LogP contribution is -1.99. The van der Waals surface area contributed by atoms with E-state index in [1.54, 1.807) is 0 Å². The zero-order valence-electron chi connectivity index (χ0n) is 8.73. The lowest BCUT2D eigenvalue weighted by Gasteiger charge is -2.05. The number of nitrogens with zero attached hydrogens (tertiary/aromatic N) is 2. The van der Waals surface area contributed by atoms with Crippen LogP contribution in [-0.2, 0) is 0 Å². The molecule has 1 saturated carbocycles. The second-order valence-electron chi connectivity index (χ2n) is 4.17. The van der Waals surface area contributed by atoms with Crippen LogP contribution in [0.5, 0.6) is 0 Å². The van der Waals surface area contributed by atoms with Gasteiger partial charge in [-0.05, 0) is 59.7 Å². The number of nitrogen functional groups attached to an aromatic ring is 1. The summed E-state index contributed by atoms with van der Waals surface area (Å²) in [5.41, 5.74) is 8.84. The number of hydrogen-bond acceptors (Lipinski definition) is 2. The van der Waals surface area contributed by atoms with Crippen molar-refractivity contribution in [3.05, 3.63) is 39.7 Å². The average molecular weight is 325 g/mol. The van der Waals surface area contributed by atoms with Crippen molar-refractivity contribution < 1.29 is 0 Å². The molecule has 0 bridgehead atoms. The fraction of sp³-hybridized carbons (Fsp3) is 0.250. The standard InChI is InChI=1S/C12H12IN3/c13-10-7-9(14)3-4-12(10)16-6-5-11(15-16)8-1-2-8/h3-8H,1-2,14H2. The van der Waals surface area contributed by atoms with Crippen molar-refractivity contribution in [2.75, 3.05) is 5.73 Å². The Bertz CT molecular complexity index is 529. The van der Waals surface area contributed by atoms with Gasteiger partial charge in [-0.15, -0.1) is 0 Å². The van der Waals surface area contributed by atoms with Crippen LogP contribution in [0.4, 0.5) is 5.69 Å². The number of rotatable bonds is 2. The van der Waals surface area contributed by atoms with Crippen LogP contribution in [0.3, 0.4) is 0 Å². The molecule has 0 spiro atoms. The first-order valence-corrected chi connectivity index (χ1v) is 6.43. The zero-order valence-corrected chi connectivity index (χ0v) is 10.9. The quantitative estimate of drug-likeness (QED) is 0.681. The van der Waals surface area contributed by atoms with E-state index in [1.165, 1.54) is 18.5 Å². The topological polar surface area (TPSA) is 43.8 Å². The van der Waals surface area contributed by atoms with Crippen LogP contribution in [0.1, 0.15) is 24.5 Å². The molecule has 1 aliphatic carbocycles. The highest BCUT2D eigenvalue weighted by molar-refractivity contribution is 14.1. The average Bonchev–Trinajstić information content (AvgIpc) is 2.98. The summed E-state index contributed by atoms with van der Waals surface area (Å²) in [5, 5.41) is 4.60. The first-order valence-electron chi connectivity index (χ1n) is 5.35. The third-order valence-electron chi connectivity index (χ3n) is 2.82. The van der Waals surface area contributed by atoms with Gasteiger partial charge in [0.05, 0.1) is 11.4 Å². The number of halogens is 1. The highest BCUT2D eigenvalue weighted by Crippen LogP contribution is 2.39. The van der Waals surface area contributed by atoms with Crippen molar-refractivity contribution >= 4 is 28.3 Å². The second-order valence-corrected chi connectivity index (χ2v) is 5.33. The molecular formula is C12H12IN3. The SMILES string of the molecule is Nc1ccc(-n2ccc(C3CC3)n2)c(I)c1. The molecule has 0 saturated heterocycles. The van der Waals surface area contributed by atoms with Gasteiger partial charge in [-0.3, -0.25) is 0 Å². The monoisotopic (exact) mass is 325 g/mol. The van der Waals surface area contributed by atoms with E-state index >= 15 is 0 Å². The number of hydrogen-bond donors (Lipinski definition) is 1. The Labute approximate surface area is 108 Å². The van der Waals surface area contributed by atoms with Crippen molar-refractivity contribution in [2.24, 2.45) is 0 Å². The molecule has 0 radical (unpaired) electrons. The summed E-state index contributed by atoms with van der Waals surface area (Å²) in [7, 11) is 0. The maximum absolute atomic E-state index is 5.73. The van der Waals surface area contributed by atoms with Gasteiger partial charge in [-0.1, -0.05) is 0 Å². The van der Waals surface area contributed by atoms with Gasteiger partial charge >= 0.3 is 0 Å². The van der Waals surface area contributed by atoms with Gasteiger partial charge < -0.3 is 5.73 Å². The summed E-state index contributed by atoms with van der Waals surface area (Å²) in [6.45, 7) is 0. The van der Waals surface area contributed by atoms with Crippen molar-refractivity contribution in [1.82, 2.24) is 9.78 Å². The lowest BCUT2D eigenvalue weighted by molar-refractivity contribution is 0.834. The normalized spacial score (nSPS) is 15.3. The highest BCUT2D eigenvalue weighted by Gasteiger charge is 2.25. The fourth-order valence-electron chi connectivity index (χ4n) is 1.78. The van der Waals surface area contributed by atoms with E-state index in [9.17, 15) is 0 Å². The van der Waals surface area contributed by atoms with Crippen LogP contribution in [0.25, 0.3) is 5.69 Å².